The van der Waals surface area contributed by atoms with Crippen LogP contribution in [0.2, 0.25) is 0 Å². The van der Waals surface area contributed by atoms with Crippen molar-refractivity contribution in [1.29, 1.82) is 0 Å². The number of rotatable bonds is 4. The molecule has 0 atom stereocenters. The normalized spacial score (nSPS) is 10.9. The number of carbonyl (C=O) groups excluding carboxylic acids is 1. The number of benzene rings is 1. The summed E-state index contributed by atoms with van der Waals surface area (Å²) in [6.45, 7) is 0. The van der Waals surface area contributed by atoms with Crippen LogP contribution in [0.4, 0.5) is 5.69 Å². The second kappa shape index (κ2) is 5.67. The first-order valence-electron chi connectivity index (χ1n) is 5.69. The van der Waals surface area contributed by atoms with E-state index < -0.39 is 21.9 Å². The summed E-state index contributed by atoms with van der Waals surface area (Å²) >= 11 is 0. The number of anilines is 1. The molecule has 9 heteroatoms. The molecule has 0 unspecified atom stereocenters. The molecular formula is C12H12N4O4S. The molecule has 5 N–H and O–H groups in total. The maximum Gasteiger partial charge on any atom is 0.291 e. The highest BCUT2D eigenvalue weighted by atomic mass is 32.2. The van der Waals surface area contributed by atoms with Gasteiger partial charge in [0.1, 0.15) is 0 Å². The van der Waals surface area contributed by atoms with E-state index in [1.165, 1.54) is 36.6 Å². The Labute approximate surface area is 120 Å². The summed E-state index contributed by atoms with van der Waals surface area (Å²) in [6, 6.07) is 8.47. The van der Waals surface area contributed by atoms with Crippen molar-refractivity contribution in [3.05, 3.63) is 48.4 Å². The highest BCUT2D eigenvalue weighted by Gasteiger charge is 2.14. The lowest BCUT2D eigenvalue weighted by Crippen LogP contribution is -2.24. The van der Waals surface area contributed by atoms with Gasteiger partial charge >= 0.3 is 0 Å². The van der Waals surface area contributed by atoms with Crippen LogP contribution in [0.25, 0.3) is 0 Å². The molecule has 0 bridgehead atoms. The van der Waals surface area contributed by atoms with Crippen molar-refractivity contribution in [3.63, 3.8) is 0 Å². The highest BCUT2D eigenvalue weighted by Crippen LogP contribution is 2.16. The summed E-state index contributed by atoms with van der Waals surface area (Å²) < 4.78 is 31.5. The lowest BCUT2D eigenvalue weighted by Gasteiger charge is -2.04. The van der Waals surface area contributed by atoms with Crippen LogP contribution < -0.4 is 16.8 Å². The zero-order chi connectivity index (χ0) is 15.5. The lowest BCUT2D eigenvalue weighted by atomic mass is 10.3. The van der Waals surface area contributed by atoms with E-state index in [0.717, 1.165) is 0 Å². The smallest absolute Gasteiger partial charge is 0.291 e. The summed E-state index contributed by atoms with van der Waals surface area (Å²) in [5.74, 6) is -0.850. The largest absolute Gasteiger partial charge is 0.459 e. The average molecular weight is 308 g/mol. The number of amides is 1. The van der Waals surface area contributed by atoms with E-state index in [1.807, 2.05) is 0 Å². The topological polar surface area (TPSA) is 141 Å². The summed E-state index contributed by atoms with van der Waals surface area (Å²) in [7, 11) is -3.94. The lowest BCUT2D eigenvalue weighted by molar-refractivity contribution is 0.0996. The zero-order valence-corrected chi connectivity index (χ0v) is 11.5. The van der Waals surface area contributed by atoms with Gasteiger partial charge in [0, 0.05) is 5.69 Å². The minimum atomic E-state index is -3.94. The van der Waals surface area contributed by atoms with E-state index >= 15 is 0 Å². The van der Waals surface area contributed by atoms with Crippen molar-refractivity contribution in [3.8, 4) is 0 Å². The van der Waals surface area contributed by atoms with Gasteiger partial charge in [-0.2, -0.15) is 8.42 Å². The molecule has 0 saturated carbocycles. The number of guanidine groups is 1. The fraction of sp³-hybridized carbons (Fsp3) is 0. The van der Waals surface area contributed by atoms with Gasteiger partial charge in [0.15, 0.2) is 5.76 Å². The summed E-state index contributed by atoms with van der Waals surface area (Å²) in [5, 5.41) is 2.55. The molecule has 1 amide bonds. The predicted octanol–water partition coefficient (Wildman–Crippen LogP) is 0.494. The van der Waals surface area contributed by atoms with Gasteiger partial charge in [-0.25, -0.2) is 0 Å². The minimum absolute atomic E-state index is 0.0908. The molecule has 21 heavy (non-hydrogen) atoms. The van der Waals surface area contributed by atoms with Gasteiger partial charge in [-0.05, 0) is 36.4 Å². The molecule has 0 aliphatic carbocycles. The van der Waals surface area contributed by atoms with Crippen LogP contribution in [-0.4, -0.2) is 20.3 Å². The van der Waals surface area contributed by atoms with Crippen LogP contribution in [0.3, 0.4) is 0 Å². The molecular weight excluding hydrogens is 296 g/mol. The average Bonchev–Trinajstić information content (AvgIpc) is 2.91. The van der Waals surface area contributed by atoms with E-state index in [2.05, 4.69) is 9.71 Å². The van der Waals surface area contributed by atoms with E-state index in [1.54, 1.807) is 6.07 Å². The van der Waals surface area contributed by atoms with Gasteiger partial charge in [-0.15, -0.1) is 4.40 Å². The molecule has 1 heterocycles. The van der Waals surface area contributed by atoms with Crippen LogP contribution in [0, 0.1) is 0 Å². The zero-order valence-electron chi connectivity index (χ0n) is 10.7. The maximum atomic E-state index is 11.7. The minimum Gasteiger partial charge on any atom is -0.459 e. The SMILES string of the molecule is NC(N)=NS(=O)(=O)c1ccc(NC(=O)c2ccco2)cc1. The molecule has 0 spiro atoms. The molecule has 1 aromatic heterocycles. The maximum absolute atomic E-state index is 11.7. The second-order valence-electron chi connectivity index (χ2n) is 3.95. The fourth-order valence-electron chi connectivity index (χ4n) is 1.50. The van der Waals surface area contributed by atoms with Crippen LogP contribution in [-0.2, 0) is 10.0 Å². The van der Waals surface area contributed by atoms with E-state index in [4.69, 9.17) is 15.9 Å². The molecule has 0 radical (unpaired) electrons. The van der Waals surface area contributed by atoms with Crippen LogP contribution in [0.5, 0.6) is 0 Å². The number of hydrogen-bond donors (Lipinski definition) is 3. The summed E-state index contributed by atoms with van der Waals surface area (Å²) in [6.07, 6.45) is 1.37. The Hall–Kier alpha value is -2.81. The third-order valence-electron chi connectivity index (χ3n) is 2.38. The number of nitrogens with two attached hydrogens (primary N) is 2. The number of carbonyl (C=O) groups is 1. The van der Waals surface area contributed by atoms with Crippen molar-refractivity contribution in [1.82, 2.24) is 0 Å². The Kier molecular flexibility index (Phi) is 3.94. The van der Waals surface area contributed by atoms with Crippen molar-refractivity contribution < 1.29 is 17.6 Å². The fourth-order valence-corrected chi connectivity index (χ4v) is 2.37. The Bertz CT molecular complexity index is 760. The third-order valence-corrected chi connectivity index (χ3v) is 3.70. The van der Waals surface area contributed by atoms with E-state index in [-0.39, 0.29) is 10.7 Å². The molecule has 0 fully saturated rings. The van der Waals surface area contributed by atoms with Crippen molar-refractivity contribution in [2.45, 2.75) is 4.90 Å². The van der Waals surface area contributed by atoms with E-state index in [9.17, 15) is 13.2 Å². The molecule has 0 aliphatic heterocycles. The molecule has 8 nitrogen and oxygen atoms in total. The van der Waals surface area contributed by atoms with E-state index in [0.29, 0.717) is 5.69 Å². The molecule has 0 saturated heterocycles. The number of furan rings is 1. The number of nitrogens with zero attached hydrogens (tertiary/aromatic N) is 1. The first-order chi connectivity index (χ1) is 9.88. The van der Waals surface area contributed by atoms with Gasteiger partial charge in [0.2, 0.25) is 5.96 Å². The molecule has 110 valence electrons. The highest BCUT2D eigenvalue weighted by molar-refractivity contribution is 7.90. The molecule has 2 aromatic rings. The first-order valence-corrected chi connectivity index (χ1v) is 7.13. The van der Waals surface area contributed by atoms with Gasteiger partial charge in [0.25, 0.3) is 15.9 Å². The quantitative estimate of drug-likeness (QED) is 0.554. The summed E-state index contributed by atoms with van der Waals surface area (Å²) in [4.78, 5) is 11.6. The Morgan fingerprint density at radius 3 is 2.33 bits per heavy atom. The first kappa shape index (κ1) is 14.6. The Balaban J connectivity index is 2.16. The Morgan fingerprint density at radius 2 is 1.81 bits per heavy atom. The number of sulfonamides is 1. The molecule has 0 aliphatic rings. The predicted molar refractivity (Wildman–Crippen MR) is 76.1 cm³/mol. The van der Waals surface area contributed by atoms with Crippen LogP contribution in [0.15, 0.2) is 56.4 Å². The van der Waals surface area contributed by atoms with Gasteiger partial charge < -0.3 is 21.2 Å². The van der Waals surface area contributed by atoms with Crippen LogP contribution >= 0.6 is 0 Å². The van der Waals surface area contributed by atoms with Gasteiger partial charge in [-0.1, -0.05) is 0 Å². The van der Waals surface area contributed by atoms with Crippen molar-refractivity contribution in [2.75, 3.05) is 5.32 Å². The summed E-state index contributed by atoms with van der Waals surface area (Å²) in [5.41, 5.74) is 10.5. The van der Waals surface area contributed by atoms with Gasteiger partial charge in [-0.3, -0.25) is 4.79 Å². The number of hydrogen-bond acceptors (Lipinski definition) is 4. The molecule has 2 rings (SSSR count). The third kappa shape index (κ3) is 3.60. The number of nitrogens with one attached hydrogen (secondary N) is 1. The van der Waals surface area contributed by atoms with Crippen molar-refractivity contribution in [2.24, 2.45) is 15.9 Å². The van der Waals surface area contributed by atoms with Crippen LogP contribution in [0.1, 0.15) is 10.6 Å². The monoisotopic (exact) mass is 308 g/mol. The molecule has 1 aromatic carbocycles. The Morgan fingerprint density at radius 1 is 1.14 bits per heavy atom. The standard InChI is InChI=1S/C12H12N4O4S/c13-12(14)16-21(18,19)9-5-3-8(4-6-9)15-11(17)10-2-1-7-20-10/h1-7H,(H,15,17)(H4,13,14,16). The van der Waals surface area contributed by atoms with Crippen molar-refractivity contribution >= 4 is 27.6 Å². The second-order valence-corrected chi connectivity index (χ2v) is 5.55. The van der Waals surface area contributed by atoms with Gasteiger partial charge in [0.05, 0.1) is 11.2 Å².